The van der Waals surface area contributed by atoms with E-state index in [2.05, 4.69) is 22.7 Å². The van der Waals surface area contributed by atoms with Crippen molar-refractivity contribution in [3.8, 4) is 0 Å². The van der Waals surface area contributed by atoms with Gasteiger partial charge in [-0.15, -0.1) is 0 Å². The molecule has 0 unspecified atom stereocenters. The van der Waals surface area contributed by atoms with Crippen LogP contribution >= 0.6 is 12.6 Å². The summed E-state index contributed by atoms with van der Waals surface area (Å²) in [6.45, 7) is 4.99. The van der Waals surface area contributed by atoms with Gasteiger partial charge in [0.15, 0.2) is 0 Å². The molecule has 0 radical (unpaired) electrons. The molecule has 0 fully saturated rings. The van der Waals surface area contributed by atoms with Gasteiger partial charge in [0, 0.05) is 6.54 Å². The third-order valence-electron chi connectivity index (χ3n) is 2.99. The number of nitrogens with zero attached hydrogens (tertiary/aromatic N) is 3. The summed E-state index contributed by atoms with van der Waals surface area (Å²) in [5.41, 5.74) is 0. The lowest BCUT2D eigenvalue weighted by atomic mass is 10.1. The molecule has 0 spiro atoms. The van der Waals surface area contributed by atoms with Gasteiger partial charge in [0.05, 0.1) is 0 Å². The molecule has 0 saturated carbocycles. The highest BCUT2D eigenvalue weighted by atomic mass is 32.1. The maximum atomic E-state index is 4.37. The molecule has 1 rings (SSSR count). The summed E-state index contributed by atoms with van der Waals surface area (Å²) in [5, 5.41) is 4.37. The first-order valence-electron chi connectivity index (χ1n) is 6.73. The summed E-state index contributed by atoms with van der Waals surface area (Å²) < 4.78 is 2.02. The molecule has 98 valence electrons. The van der Waals surface area contributed by atoms with E-state index in [1.165, 1.54) is 44.9 Å². The molecule has 0 aliphatic carbocycles. The highest BCUT2D eigenvalue weighted by Gasteiger charge is 2.01. The van der Waals surface area contributed by atoms with Crippen LogP contribution in [0.4, 0.5) is 0 Å². The van der Waals surface area contributed by atoms with Crippen molar-refractivity contribution in [2.45, 2.75) is 65.3 Å². The average molecular weight is 255 g/mol. The Morgan fingerprint density at radius 2 is 1.53 bits per heavy atom. The van der Waals surface area contributed by atoms with Crippen LogP contribution in [0.25, 0.3) is 0 Å². The lowest BCUT2D eigenvalue weighted by Crippen LogP contribution is -2.02. The van der Waals surface area contributed by atoms with E-state index >= 15 is 0 Å². The van der Waals surface area contributed by atoms with Crippen LogP contribution in [-0.2, 0) is 6.54 Å². The lowest BCUT2D eigenvalue weighted by Gasteiger charge is -2.03. The fourth-order valence-electron chi connectivity index (χ4n) is 2.03. The van der Waals surface area contributed by atoms with E-state index in [-0.39, 0.29) is 0 Å². The van der Waals surface area contributed by atoms with Gasteiger partial charge in [-0.25, -0.2) is 4.98 Å². The van der Waals surface area contributed by atoms with Crippen molar-refractivity contribution >= 4 is 12.6 Å². The van der Waals surface area contributed by atoms with E-state index < -0.39 is 0 Å². The number of hydrogen-bond donors (Lipinski definition) is 1. The summed E-state index contributed by atoms with van der Waals surface area (Å²) >= 11 is 4.22. The van der Waals surface area contributed by atoms with Gasteiger partial charge in [-0.3, -0.25) is 4.68 Å². The Bertz CT molecular complexity index is 310. The van der Waals surface area contributed by atoms with Crippen LogP contribution in [0.3, 0.4) is 0 Å². The fraction of sp³-hybridized carbons (Fsp3) is 0.846. The molecule has 17 heavy (non-hydrogen) atoms. The molecule has 1 heterocycles. The van der Waals surface area contributed by atoms with Crippen molar-refractivity contribution in [3.05, 3.63) is 11.6 Å². The second-order valence-corrected chi connectivity index (χ2v) is 5.08. The van der Waals surface area contributed by atoms with Gasteiger partial charge in [-0.1, -0.05) is 32.1 Å². The summed E-state index contributed by atoms with van der Waals surface area (Å²) in [6.07, 6.45) is 9.20. The van der Waals surface area contributed by atoms with Gasteiger partial charge in [0.1, 0.15) is 11.6 Å². The SMILES string of the molecule is Cc1nc(C)n(CCCCCCCCCS)n1. The Kier molecular flexibility index (Phi) is 7.33. The molecular formula is C13H25N3S. The monoisotopic (exact) mass is 255 g/mol. The van der Waals surface area contributed by atoms with E-state index in [9.17, 15) is 0 Å². The second-order valence-electron chi connectivity index (χ2n) is 4.63. The number of rotatable bonds is 9. The second kappa shape index (κ2) is 8.56. The Morgan fingerprint density at radius 3 is 2.06 bits per heavy atom. The number of hydrogen-bond acceptors (Lipinski definition) is 3. The Hall–Kier alpha value is -0.510. The fourth-order valence-corrected chi connectivity index (χ4v) is 2.25. The highest BCUT2D eigenvalue weighted by Crippen LogP contribution is 2.08. The first-order chi connectivity index (χ1) is 8.24. The smallest absolute Gasteiger partial charge is 0.147 e. The lowest BCUT2D eigenvalue weighted by molar-refractivity contribution is 0.513. The van der Waals surface area contributed by atoms with Crippen molar-refractivity contribution in [1.29, 1.82) is 0 Å². The largest absolute Gasteiger partial charge is 0.250 e. The van der Waals surface area contributed by atoms with Gasteiger partial charge in [0.2, 0.25) is 0 Å². The van der Waals surface area contributed by atoms with Crippen molar-refractivity contribution in [1.82, 2.24) is 14.8 Å². The third kappa shape index (κ3) is 6.10. The molecule has 3 nitrogen and oxygen atoms in total. The molecule has 0 atom stereocenters. The minimum absolute atomic E-state index is 0.884. The predicted molar refractivity (Wildman–Crippen MR) is 75.7 cm³/mol. The molecule has 0 saturated heterocycles. The van der Waals surface area contributed by atoms with E-state index in [0.29, 0.717) is 0 Å². The summed E-state index contributed by atoms with van der Waals surface area (Å²) in [5.74, 6) is 2.95. The summed E-state index contributed by atoms with van der Waals surface area (Å²) in [4.78, 5) is 4.30. The van der Waals surface area contributed by atoms with Crippen LogP contribution in [0.2, 0.25) is 0 Å². The van der Waals surface area contributed by atoms with Crippen LogP contribution in [0.1, 0.15) is 56.6 Å². The van der Waals surface area contributed by atoms with E-state index in [0.717, 1.165) is 23.9 Å². The van der Waals surface area contributed by atoms with Gasteiger partial charge in [0.25, 0.3) is 0 Å². The van der Waals surface area contributed by atoms with E-state index in [4.69, 9.17) is 0 Å². The van der Waals surface area contributed by atoms with Crippen LogP contribution < -0.4 is 0 Å². The Labute approximate surface area is 110 Å². The van der Waals surface area contributed by atoms with Crippen LogP contribution in [0.15, 0.2) is 0 Å². The highest BCUT2D eigenvalue weighted by molar-refractivity contribution is 7.80. The van der Waals surface area contributed by atoms with Gasteiger partial charge in [-0.05, 0) is 32.4 Å². The Balaban J connectivity index is 1.99. The molecule has 1 aromatic heterocycles. The minimum atomic E-state index is 0.884. The topological polar surface area (TPSA) is 30.7 Å². The quantitative estimate of drug-likeness (QED) is 0.540. The molecule has 0 amide bonds. The van der Waals surface area contributed by atoms with Gasteiger partial charge < -0.3 is 0 Å². The van der Waals surface area contributed by atoms with Gasteiger partial charge in [-0.2, -0.15) is 17.7 Å². The first-order valence-corrected chi connectivity index (χ1v) is 7.36. The number of aromatic nitrogens is 3. The molecular weight excluding hydrogens is 230 g/mol. The first kappa shape index (κ1) is 14.6. The normalized spacial score (nSPS) is 11.0. The molecule has 4 heteroatoms. The molecule has 0 aliphatic heterocycles. The van der Waals surface area contributed by atoms with Crippen molar-refractivity contribution in [2.75, 3.05) is 5.75 Å². The van der Waals surface area contributed by atoms with Crippen LogP contribution in [0, 0.1) is 13.8 Å². The standard InChI is InChI=1S/C13H25N3S/c1-12-14-13(2)16(15-12)10-8-6-4-3-5-7-9-11-17/h17H,3-11H2,1-2H3. The van der Waals surface area contributed by atoms with E-state index in [1.54, 1.807) is 0 Å². The van der Waals surface area contributed by atoms with Crippen molar-refractivity contribution in [3.63, 3.8) is 0 Å². The maximum Gasteiger partial charge on any atom is 0.147 e. The number of thiol groups is 1. The Morgan fingerprint density at radius 1 is 0.941 bits per heavy atom. The third-order valence-corrected chi connectivity index (χ3v) is 3.31. The molecule has 1 aromatic rings. The molecule has 0 N–H and O–H groups in total. The summed E-state index contributed by atoms with van der Waals surface area (Å²) in [6, 6.07) is 0. The molecule has 0 aliphatic rings. The minimum Gasteiger partial charge on any atom is -0.250 e. The van der Waals surface area contributed by atoms with Crippen LogP contribution in [-0.4, -0.2) is 20.5 Å². The maximum absolute atomic E-state index is 4.37. The average Bonchev–Trinajstić information content (AvgIpc) is 2.61. The molecule has 0 bridgehead atoms. The van der Waals surface area contributed by atoms with Crippen molar-refractivity contribution in [2.24, 2.45) is 0 Å². The molecule has 0 aromatic carbocycles. The van der Waals surface area contributed by atoms with Crippen LogP contribution in [0.5, 0.6) is 0 Å². The zero-order chi connectivity index (χ0) is 12.5. The van der Waals surface area contributed by atoms with Gasteiger partial charge >= 0.3 is 0 Å². The number of unbranched alkanes of at least 4 members (excludes halogenated alkanes) is 6. The van der Waals surface area contributed by atoms with E-state index in [1.807, 2.05) is 18.5 Å². The zero-order valence-electron chi connectivity index (χ0n) is 11.2. The van der Waals surface area contributed by atoms with Crippen molar-refractivity contribution < 1.29 is 0 Å². The number of aryl methyl sites for hydroxylation is 3. The zero-order valence-corrected chi connectivity index (χ0v) is 12.0. The summed E-state index contributed by atoms with van der Waals surface area (Å²) in [7, 11) is 0. The predicted octanol–water partition coefficient (Wildman–Crippen LogP) is 3.56.